The fraction of sp³-hybridized carbons (Fsp3) is 0.850. The van der Waals surface area contributed by atoms with Crippen molar-refractivity contribution in [3.63, 3.8) is 0 Å². The van der Waals surface area contributed by atoms with E-state index in [2.05, 4.69) is 53.1 Å². The van der Waals surface area contributed by atoms with Gasteiger partial charge in [0.25, 0.3) is 0 Å². The van der Waals surface area contributed by atoms with Crippen LogP contribution in [-0.2, 0) is 11.8 Å². The zero-order chi connectivity index (χ0) is 18.5. The molecule has 0 bridgehead atoms. The molecule has 3 heterocycles. The molecule has 0 unspecified atom stereocenters. The molecule has 0 aliphatic carbocycles. The minimum absolute atomic E-state index is 0.500. The average molecular weight is 364 g/mol. The largest absolute Gasteiger partial charge is 0.379 e. The normalized spacial score (nSPS) is 27.1. The van der Waals surface area contributed by atoms with Gasteiger partial charge in [-0.1, -0.05) is 6.92 Å². The molecule has 6 heteroatoms. The molecule has 2 saturated heterocycles. The molecule has 2 fully saturated rings. The van der Waals surface area contributed by atoms with E-state index in [1.807, 2.05) is 11.7 Å². The van der Waals surface area contributed by atoms with Crippen LogP contribution in [0.3, 0.4) is 0 Å². The average Bonchev–Trinajstić information content (AvgIpc) is 3.08. The van der Waals surface area contributed by atoms with Gasteiger partial charge in [-0.15, -0.1) is 0 Å². The standard InChI is InChI=1S/C20H37N5O/c1-5-25-8-6-7-18(20(25)19-13-21-23(4)16-19)15-22(3)17(2)14-24-9-11-26-12-10-24/h13,16-18,20H,5-12,14-15H2,1-4H3/t17-,18+,20-/m1/s1. The fourth-order valence-corrected chi connectivity index (χ4v) is 4.62. The lowest BCUT2D eigenvalue weighted by molar-refractivity contribution is 0.0202. The lowest BCUT2D eigenvalue weighted by Gasteiger charge is -2.43. The number of piperidine rings is 1. The number of aryl methyl sites for hydroxylation is 1. The highest BCUT2D eigenvalue weighted by atomic mass is 16.5. The summed E-state index contributed by atoms with van der Waals surface area (Å²) in [5.74, 6) is 0.671. The highest BCUT2D eigenvalue weighted by Crippen LogP contribution is 2.36. The number of likely N-dealkylation sites (tertiary alicyclic amines) is 1. The summed E-state index contributed by atoms with van der Waals surface area (Å²) in [6, 6.07) is 1.07. The molecule has 0 spiro atoms. The Hall–Kier alpha value is -0.950. The van der Waals surface area contributed by atoms with E-state index in [0.29, 0.717) is 18.0 Å². The summed E-state index contributed by atoms with van der Waals surface area (Å²) in [5.41, 5.74) is 1.38. The third-order valence-corrected chi connectivity index (χ3v) is 6.23. The van der Waals surface area contributed by atoms with Gasteiger partial charge < -0.3 is 9.64 Å². The Morgan fingerprint density at radius 1 is 1.31 bits per heavy atom. The van der Waals surface area contributed by atoms with Crippen molar-refractivity contribution in [1.29, 1.82) is 0 Å². The summed E-state index contributed by atoms with van der Waals surface area (Å²) in [6.45, 7) is 13.2. The molecule has 6 nitrogen and oxygen atoms in total. The maximum atomic E-state index is 5.48. The number of aromatic nitrogens is 2. The van der Waals surface area contributed by atoms with Crippen molar-refractivity contribution in [3.05, 3.63) is 18.0 Å². The topological polar surface area (TPSA) is 36.8 Å². The second-order valence-electron chi connectivity index (χ2n) is 8.12. The zero-order valence-electron chi connectivity index (χ0n) is 17.1. The van der Waals surface area contributed by atoms with Crippen LogP contribution in [-0.4, -0.2) is 90.1 Å². The predicted octanol–water partition coefficient (Wildman–Crippen LogP) is 1.85. The van der Waals surface area contributed by atoms with Gasteiger partial charge in [0.1, 0.15) is 0 Å². The molecule has 2 aliphatic heterocycles. The molecule has 3 atom stereocenters. The Morgan fingerprint density at radius 2 is 2.08 bits per heavy atom. The van der Waals surface area contributed by atoms with Crippen molar-refractivity contribution < 1.29 is 4.74 Å². The molecular weight excluding hydrogens is 326 g/mol. The van der Waals surface area contributed by atoms with Crippen LogP contribution in [0.25, 0.3) is 0 Å². The zero-order valence-corrected chi connectivity index (χ0v) is 17.1. The van der Waals surface area contributed by atoms with Gasteiger partial charge in [-0.2, -0.15) is 5.10 Å². The SMILES string of the molecule is CCN1CCC[C@@H](CN(C)[C@H](C)CN2CCOCC2)[C@@H]1c1cnn(C)c1. The molecule has 0 aromatic carbocycles. The quantitative estimate of drug-likeness (QED) is 0.739. The Morgan fingerprint density at radius 3 is 2.73 bits per heavy atom. The Balaban J connectivity index is 1.63. The number of hydrogen-bond donors (Lipinski definition) is 0. The van der Waals surface area contributed by atoms with Crippen LogP contribution in [0, 0.1) is 5.92 Å². The summed E-state index contributed by atoms with van der Waals surface area (Å²) >= 11 is 0. The summed E-state index contributed by atoms with van der Waals surface area (Å²) in [7, 11) is 4.32. The Labute approximate surface area is 159 Å². The van der Waals surface area contributed by atoms with Crippen LogP contribution in [0.1, 0.15) is 38.3 Å². The van der Waals surface area contributed by atoms with E-state index in [1.54, 1.807) is 0 Å². The molecule has 1 aromatic heterocycles. The fourth-order valence-electron chi connectivity index (χ4n) is 4.62. The number of ether oxygens (including phenoxy) is 1. The first-order valence-electron chi connectivity index (χ1n) is 10.3. The Bertz CT molecular complexity index is 542. The molecule has 0 saturated carbocycles. The van der Waals surface area contributed by atoms with E-state index >= 15 is 0 Å². The molecule has 3 rings (SSSR count). The monoisotopic (exact) mass is 363 g/mol. The van der Waals surface area contributed by atoms with Crippen molar-refractivity contribution in [1.82, 2.24) is 24.5 Å². The van der Waals surface area contributed by atoms with E-state index < -0.39 is 0 Å². The van der Waals surface area contributed by atoms with E-state index in [0.717, 1.165) is 45.9 Å². The first kappa shape index (κ1) is 19.8. The summed E-state index contributed by atoms with van der Waals surface area (Å²) in [6.07, 6.45) is 6.90. The molecule has 2 aliphatic rings. The summed E-state index contributed by atoms with van der Waals surface area (Å²) in [4.78, 5) is 7.76. The number of morpholine rings is 1. The van der Waals surface area contributed by atoms with Crippen LogP contribution in [0.4, 0.5) is 0 Å². The van der Waals surface area contributed by atoms with Crippen molar-refractivity contribution in [2.45, 2.75) is 38.8 Å². The van der Waals surface area contributed by atoms with Crippen molar-refractivity contribution in [3.8, 4) is 0 Å². The number of hydrogen-bond acceptors (Lipinski definition) is 5. The second-order valence-corrected chi connectivity index (χ2v) is 8.12. The maximum absolute atomic E-state index is 5.48. The maximum Gasteiger partial charge on any atom is 0.0594 e. The van der Waals surface area contributed by atoms with Gasteiger partial charge >= 0.3 is 0 Å². The van der Waals surface area contributed by atoms with Crippen LogP contribution >= 0.6 is 0 Å². The number of likely N-dealkylation sites (N-methyl/N-ethyl adjacent to an activating group) is 1. The van der Waals surface area contributed by atoms with Crippen LogP contribution in [0.15, 0.2) is 12.4 Å². The highest BCUT2D eigenvalue weighted by molar-refractivity contribution is 5.13. The van der Waals surface area contributed by atoms with E-state index in [-0.39, 0.29) is 0 Å². The van der Waals surface area contributed by atoms with E-state index in [1.165, 1.54) is 24.9 Å². The van der Waals surface area contributed by atoms with Crippen LogP contribution in [0.2, 0.25) is 0 Å². The van der Waals surface area contributed by atoms with Gasteiger partial charge in [0.05, 0.1) is 19.4 Å². The summed E-state index contributed by atoms with van der Waals surface area (Å²) in [5, 5.41) is 4.44. The molecule has 1 aromatic rings. The second kappa shape index (κ2) is 9.31. The van der Waals surface area contributed by atoms with Gasteiger partial charge in [0.2, 0.25) is 0 Å². The third-order valence-electron chi connectivity index (χ3n) is 6.23. The lowest BCUT2D eigenvalue weighted by atomic mass is 9.85. The van der Waals surface area contributed by atoms with E-state index in [4.69, 9.17) is 4.74 Å². The molecule has 0 N–H and O–H groups in total. The van der Waals surface area contributed by atoms with Gasteiger partial charge in [0.15, 0.2) is 0 Å². The van der Waals surface area contributed by atoms with E-state index in [9.17, 15) is 0 Å². The lowest BCUT2D eigenvalue weighted by Crippen LogP contribution is -2.48. The van der Waals surface area contributed by atoms with Crippen LogP contribution < -0.4 is 0 Å². The predicted molar refractivity (Wildman–Crippen MR) is 105 cm³/mol. The van der Waals surface area contributed by atoms with Gasteiger partial charge in [-0.3, -0.25) is 14.5 Å². The molecular formula is C20H37N5O. The van der Waals surface area contributed by atoms with Crippen molar-refractivity contribution in [2.75, 3.05) is 59.5 Å². The Kier molecular flexibility index (Phi) is 7.09. The number of rotatable bonds is 7. The van der Waals surface area contributed by atoms with Crippen LogP contribution in [0.5, 0.6) is 0 Å². The minimum atomic E-state index is 0.500. The number of nitrogens with zero attached hydrogens (tertiary/aromatic N) is 5. The minimum Gasteiger partial charge on any atom is -0.379 e. The smallest absolute Gasteiger partial charge is 0.0594 e. The van der Waals surface area contributed by atoms with Gasteiger partial charge in [0, 0.05) is 57.1 Å². The molecule has 148 valence electrons. The first-order chi connectivity index (χ1) is 12.6. The molecule has 0 amide bonds. The first-order valence-corrected chi connectivity index (χ1v) is 10.3. The summed E-state index contributed by atoms with van der Waals surface area (Å²) < 4.78 is 7.43. The van der Waals surface area contributed by atoms with Crippen molar-refractivity contribution in [2.24, 2.45) is 13.0 Å². The van der Waals surface area contributed by atoms with Gasteiger partial charge in [-0.25, -0.2) is 0 Å². The highest BCUT2D eigenvalue weighted by Gasteiger charge is 2.34. The van der Waals surface area contributed by atoms with Crippen molar-refractivity contribution >= 4 is 0 Å². The molecule has 26 heavy (non-hydrogen) atoms. The van der Waals surface area contributed by atoms with Gasteiger partial charge in [-0.05, 0) is 45.8 Å². The molecule has 0 radical (unpaired) electrons. The third kappa shape index (κ3) is 4.85.